The van der Waals surface area contributed by atoms with Gasteiger partial charge in [0.25, 0.3) is 0 Å². The molecule has 172 valence electrons. The summed E-state index contributed by atoms with van der Waals surface area (Å²) < 4.78 is 46.2. The second-order valence-corrected chi connectivity index (χ2v) is 7.51. The number of H-pyrrole nitrogens is 1. The first kappa shape index (κ1) is 21.3. The van der Waals surface area contributed by atoms with Crippen LogP contribution in [-0.4, -0.2) is 24.5 Å². The molecular weight excluding hydrogens is 447 g/mol. The van der Waals surface area contributed by atoms with Crippen molar-refractivity contribution in [3.8, 4) is 23.0 Å². The number of hydrogen-bond acceptors (Lipinski definition) is 6. The van der Waals surface area contributed by atoms with Gasteiger partial charge < -0.3 is 25.3 Å². The smallest absolute Gasteiger partial charge is 0.416 e. The number of anilines is 3. The van der Waals surface area contributed by atoms with Crippen LogP contribution in [0.4, 0.5) is 30.6 Å². The third-order valence-corrected chi connectivity index (χ3v) is 5.13. The van der Waals surface area contributed by atoms with Crippen molar-refractivity contribution in [3.05, 3.63) is 72.6 Å². The van der Waals surface area contributed by atoms with Crippen molar-refractivity contribution in [2.75, 3.05) is 11.1 Å². The van der Waals surface area contributed by atoms with Crippen LogP contribution >= 0.6 is 0 Å². The van der Waals surface area contributed by atoms with Crippen LogP contribution in [0.25, 0.3) is 22.6 Å². The number of aromatic nitrogens is 5. The summed E-state index contributed by atoms with van der Waals surface area (Å²) in [6.45, 7) is 0. The fraction of sp³-hybridized carbons (Fsp3) is 0.0870. The van der Waals surface area contributed by atoms with E-state index in [1.807, 2.05) is 17.7 Å². The van der Waals surface area contributed by atoms with E-state index in [1.54, 1.807) is 30.5 Å². The molecule has 5 rings (SSSR count). The van der Waals surface area contributed by atoms with Crippen LogP contribution in [0.5, 0.6) is 11.5 Å². The molecule has 5 aromatic rings. The first-order valence-corrected chi connectivity index (χ1v) is 10.1. The van der Waals surface area contributed by atoms with Crippen LogP contribution in [0.3, 0.4) is 0 Å². The molecule has 11 heteroatoms. The van der Waals surface area contributed by atoms with Gasteiger partial charge in [0.15, 0.2) is 5.82 Å². The molecule has 0 saturated carbocycles. The molecule has 3 heterocycles. The highest BCUT2D eigenvalue weighted by Gasteiger charge is 2.30. The molecule has 0 saturated heterocycles. The predicted octanol–water partition coefficient (Wildman–Crippen LogP) is 5.50. The molecule has 0 atom stereocenters. The Hall–Kier alpha value is -4.54. The van der Waals surface area contributed by atoms with Crippen molar-refractivity contribution in [1.82, 2.24) is 24.5 Å². The van der Waals surface area contributed by atoms with Crippen molar-refractivity contribution in [1.29, 1.82) is 0 Å². The van der Waals surface area contributed by atoms with Crippen molar-refractivity contribution in [2.24, 2.45) is 7.05 Å². The number of nitrogen functional groups attached to an aromatic ring is 1. The van der Waals surface area contributed by atoms with Crippen LogP contribution in [0, 0.1) is 0 Å². The first-order valence-electron chi connectivity index (χ1n) is 10.1. The van der Waals surface area contributed by atoms with E-state index >= 15 is 0 Å². The number of fused-ring (bicyclic) bond motifs is 1. The quantitative estimate of drug-likeness (QED) is 0.317. The molecule has 0 aliphatic carbocycles. The fourth-order valence-corrected chi connectivity index (χ4v) is 3.43. The highest BCUT2D eigenvalue weighted by molar-refractivity contribution is 5.81. The summed E-state index contributed by atoms with van der Waals surface area (Å²) in [5, 5.41) is 3.05. The van der Waals surface area contributed by atoms with E-state index in [9.17, 15) is 13.2 Å². The molecule has 0 unspecified atom stereocenters. The fourth-order valence-electron chi connectivity index (χ4n) is 3.43. The lowest BCUT2D eigenvalue weighted by Gasteiger charge is -2.09. The van der Waals surface area contributed by atoms with Crippen LogP contribution in [0.2, 0.25) is 0 Å². The molecule has 0 amide bonds. The van der Waals surface area contributed by atoms with E-state index in [0.717, 1.165) is 17.6 Å². The van der Waals surface area contributed by atoms with E-state index in [4.69, 9.17) is 10.5 Å². The van der Waals surface area contributed by atoms with E-state index in [0.29, 0.717) is 46.0 Å². The number of aryl methyl sites for hydroxylation is 1. The highest BCUT2D eigenvalue weighted by Crippen LogP contribution is 2.32. The molecule has 3 aromatic heterocycles. The van der Waals surface area contributed by atoms with Crippen LogP contribution in [0.15, 0.2) is 67.0 Å². The van der Waals surface area contributed by atoms with Gasteiger partial charge in [-0.1, -0.05) is 0 Å². The molecule has 0 radical (unpaired) electrons. The summed E-state index contributed by atoms with van der Waals surface area (Å²) in [4.78, 5) is 15.9. The molecular formula is C23H18F3N7O. The lowest BCUT2D eigenvalue weighted by Crippen LogP contribution is -2.05. The minimum Gasteiger partial charge on any atom is -0.457 e. The third-order valence-electron chi connectivity index (χ3n) is 5.13. The normalized spacial score (nSPS) is 11.6. The zero-order valence-corrected chi connectivity index (χ0v) is 17.8. The second-order valence-electron chi connectivity index (χ2n) is 7.51. The van der Waals surface area contributed by atoms with E-state index in [1.165, 1.54) is 18.3 Å². The molecule has 4 N–H and O–H groups in total. The average Bonchev–Trinajstić information content (AvgIpc) is 3.37. The number of hydrogen-bond donors (Lipinski definition) is 3. The maximum Gasteiger partial charge on any atom is 0.416 e. The van der Waals surface area contributed by atoms with Crippen molar-refractivity contribution >= 4 is 28.5 Å². The average molecular weight is 465 g/mol. The Morgan fingerprint density at radius 1 is 1.00 bits per heavy atom. The molecule has 0 bridgehead atoms. The van der Waals surface area contributed by atoms with E-state index in [2.05, 4.69) is 25.3 Å². The third kappa shape index (κ3) is 4.22. The zero-order valence-electron chi connectivity index (χ0n) is 17.8. The Bertz CT molecular complexity index is 1470. The Kier molecular flexibility index (Phi) is 5.08. The molecule has 8 nitrogen and oxygen atoms in total. The molecule has 0 spiro atoms. The molecule has 34 heavy (non-hydrogen) atoms. The first-order chi connectivity index (χ1) is 16.3. The molecule has 2 aromatic carbocycles. The lowest BCUT2D eigenvalue weighted by atomic mass is 10.2. The van der Waals surface area contributed by atoms with E-state index < -0.39 is 11.7 Å². The minimum atomic E-state index is -4.38. The highest BCUT2D eigenvalue weighted by atomic mass is 19.4. The van der Waals surface area contributed by atoms with Gasteiger partial charge in [-0.2, -0.15) is 13.2 Å². The number of imidazole rings is 2. The lowest BCUT2D eigenvalue weighted by molar-refractivity contribution is -0.137. The van der Waals surface area contributed by atoms with Gasteiger partial charge in [0, 0.05) is 31.1 Å². The van der Waals surface area contributed by atoms with Gasteiger partial charge in [-0.15, -0.1) is 0 Å². The zero-order chi connectivity index (χ0) is 23.9. The van der Waals surface area contributed by atoms with Crippen molar-refractivity contribution < 1.29 is 17.9 Å². The minimum absolute atomic E-state index is 0.435. The number of nitrogens with two attached hydrogens (primary N) is 1. The van der Waals surface area contributed by atoms with E-state index in [-0.39, 0.29) is 0 Å². The molecule has 0 fully saturated rings. The Morgan fingerprint density at radius 3 is 2.47 bits per heavy atom. The number of ether oxygens (including phenoxy) is 1. The van der Waals surface area contributed by atoms with Gasteiger partial charge >= 0.3 is 6.18 Å². The van der Waals surface area contributed by atoms with Crippen LogP contribution in [-0.2, 0) is 13.2 Å². The Balaban J connectivity index is 1.37. The summed E-state index contributed by atoms with van der Waals surface area (Å²) in [6, 6.07) is 13.7. The number of aromatic amines is 1. The summed E-state index contributed by atoms with van der Waals surface area (Å²) >= 11 is 0. The number of halogens is 3. The number of nitrogens with one attached hydrogen (secondary N) is 2. The summed E-state index contributed by atoms with van der Waals surface area (Å²) in [7, 11) is 1.81. The van der Waals surface area contributed by atoms with Crippen molar-refractivity contribution in [3.63, 3.8) is 0 Å². The maximum absolute atomic E-state index is 12.8. The number of alkyl halides is 3. The largest absolute Gasteiger partial charge is 0.457 e. The molecule has 0 aliphatic heterocycles. The Labute approximate surface area is 191 Å². The van der Waals surface area contributed by atoms with Gasteiger partial charge in [-0.05, 0) is 42.5 Å². The summed E-state index contributed by atoms with van der Waals surface area (Å²) in [6.07, 6.45) is -1.27. The van der Waals surface area contributed by atoms with Gasteiger partial charge in [-0.25, -0.2) is 9.97 Å². The van der Waals surface area contributed by atoms with Crippen LogP contribution in [0.1, 0.15) is 5.56 Å². The topological polar surface area (TPSA) is 107 Å². The standard InChI is InChI=1S/C23H18F3N7O/c1-33-19-7-6-15(34-16-8-9-28-18(11-16)21-29-12-20(27)32-21)10-17(19)31-22(33)30-14-4-2-13(3-5-14)23(24,25)26/h2-12H,27H2,1H3,(H,29,32)(H,30,31). The van der Waals surface area contributed by atoms with Gasteiger partial charge in [0.2, 0.25) is 5.95 Å². The Morgan fingerprint density at radius 2 is 1.76 bits per heavy atom. The summed E-state index contributed by atoms with van der Waals surface area (Å²) in [5.74, 6) is 2.56. The summed E-state index contributed by atoms with van der Waals surface area (Å²) in [5.41, 5.74) is 7.52. The number of pyridine rings is 1. The van der Waals surface area contributed by atoms with Crippen LogP contribution < -0.4 is 15.8 Å². The van der Waals surface area contributed by atoms with Gasteiger partial charge in [0.05, 0.1) is 22.8 Å². The number of rotatable bonds is 5. The SMILES string of the molecule is Cn1c(Nc2ccc(C(F)(F)F)cc2)nc2cc(Oc3ccnc(-c4ncc(N)[nH]4)c3)ccc21. The van der Waals surface area contributed by atoms with Gasteiger partial charge in [-0.3, -0.25) is 4.98 Å². The maximum atomic E-state index is 12.8. The number of benzene rings is 2. The van der Waals surface area contributed by atoms with Gasteiger partial charge in [0.1, 0.15) is 23.0 Å². The monoisotopic (exact) mass is 465 g/mol. The predicted molar refractivity (Wildman–Crippen MR) is 122 cm³/mol. The van der Waals surface area contributed by atoms with Crippen molar-refractivity contribution in [2.45, 2.75) is 6.18 Å². The second kappa shape index (κ2) is 8.10. The number of nitrogens with zero attached hydrogens (tertiary/aromatic N) is 4. The molecule has 0 aliphatic rings.